The second-order valence-corrected chi connectivity index (χ2v) is 3.91. The first kappa shape index (κ1) is 13.4. The topological polar surface area (TPSA) is 74.6 Å². The van der Waals surface area contributed by atoms with Crippen molar-refractivity contribution in [3.05, 3.63) is 24.3 Å². The van der Waals surface area contributed by atoms with Crippen molar-refractivity contribution in [3.63, 3.8) is 0 Å². The Morgan fingerprint density at radius 2 is 1.15 bits per heavy atom. The van der Waals surface area contributed by atoms with Crippen molar-refractivity contribution in [2.75, 3.05) is 0 Å². The van der Waals surface area contributed by atoms with E-state index in [9.17, 15) is 8.42 Å². The Morgan fingerprint density at radius 3 is 1.31 bits per heavy atom. The number of rotatable bonds is 2. The number of hydrogen-bond acceptors (Lipinski definition) is 2. The van der Waals surface area contributed by atoms with Gasteiger partial charge < -0.3 is 10.5 Å². The quantitative estimate of drug-likeness (QED) is 0.453. The smallest absolute Gasteiger partial charge is 1.00 e. The Hall–Kier alpha value is 0.440. The van der Waals surface area contributed by atoms with Gasteiger partial charge in [-0.3, -0.25) is 0 Å². The fourth-order valence-corrected chi connectivity index (χ4v) is 1.41. The number of hydrogen-bond donors (Lipinski definition) is 2. The molecule has 0 heterocycles. The molecule has 1 aromatic carbocycles. The molecule has 2 unspecified atom stereocenters. The second-order valence-electron chi connectivity index (χ2n) is 1.97. The molecule has 13 heavy (non-hydrogen) atoms. The predicted octanol–water partition coefficient (Wildman–Crippen LogP) is -2.04. The Balaban J connectivity index is 0. The summed E-state index contributed by atoms with van der Waals surface area (Å²) < 4.78 is 38.1. The molecule has 0 spiro atoms. The minimum absolute atomic E-state index is 0. The van der Waals surface area contributed by atoms with Crippen molar-refractivity contribution in [2.45, 2.75) is 9.79 Å². The molecule has 2 atom stereocenters. The first-order valence-electron chi connectivity index (χ1n) is 2.93. The zero-order chi connectivity index (χ0) is 9.14. The molecule has 68 valence electrons. The van der Waals surface area contributed by atoms with Crippen LogP contribution in [0.4, 0.5) is 0 Å². The molecule has 0 saturated heterocycles. The first-order chi connectivity index (χ1) is 5.61. The van der Waals surface area contributed by atoms with E-state index < -0.39 is 22.2 Å². The molecule has 0 amide bonds. The van der Waals surface area contributed by atoms with Gasteiger partial charge in [-0.15, -0.1) is 0 Å². The van der Waals surface area contributed by atoms with Gasteiger partial charge in [-0.1, -0.05) is 0 Å². The van der Waals surface area contributed by atoms with Crippen molar-refractivity contribution in [2.24, 2.45) is 0 Å². The van der Waals surface area contributed by atoms with Gasteiger partial charge in [-0.2, -0.15) is 0 Å². The van der Waals surface area contributed by atoms with Gasteiger partial charge in [-0.05, 0) is 24.3 Å². The van der Waals surface area contributed by atoms with Crippen molar-refractivity contribution in [1.29, 1.82) is 0 Å². The van der Waals surface area contributed by atoms with E-state index in [4.69, 9.17) is 9.11 Å². The molecule has 0 aliphatic carbocycles. The van der Waals surface area contributed by atoms with Crippen LogP contribution < -0.4 is 29.6 Å². The third-order valence-corrected chi connectivity index (χ3v) is 2.58. The van der Waals surface area contributed by atoms with Crippen LogP contribution in [0.2, 0.25) is 0 Å². The van der Waals surface area contributed by atoms with Crippen LogP contribution in [0.1, 0.15) is 1.43 Å². The largest absolute Gasteiger partial charge is 1.00 e. The standard InChI is InChI=1S/C6H6O4S2.Na.H/c7-11(8)5-1-2-6(4-3-5)12(9)10;;/h1-4H,(H,7,8)(H,9,10);;/q;+1;-1. The van der Waals surface area contributed by atoms with Gasteiger partial charge in [0, 0.05) is 0 Å². The van der Waals surface area contributed by atoms with Gasteiger partial charge in [-0.25, -0.2) is 8.42 Å². The van der Waals surface area contributed by atoms with E-state index in [1.807, 2.05) is 0 Å². The van der Waals surface area contributed by atoms with Crippen LogP contribution >= 0.6 is 0 Å². The summed E-state index contributed by atoms with van der Waals surface area (Å²) in [6.45, 7) is 0. The van der Waals surface area contributed by atoms with Crippen LogP contribution in [0.25, 0.3) is 0 Å². The summed E-state index contributed by atoms with van der Waals surface area (Å²) in [7, 11) is 0. The maximum atomic E-state index is 10.5. The maximum absolute atomic E-state index is 10.5. The summed E-state index contributed by atoms with van der Waals surface area (Å²) in [5.74, 6) is 0. The average molecular weight is 230 g/mol. The summed E-state index contributed by atoms with van der Waals surface area (Å²) in [6.07, 6.45) is 0. The van der Waals surface area contributed by atoms with E-state index in [-0.39, 0.29) is 40.8 Å². The van der Waals surface area contributed by atoms with E-state index in [1.54, 1.807) is 0 Å². The van der Waals surface area contributed by atoms with E-state index >= 15 is 0 Å². The molecular formula is C6H7NaO4S2. The third-order valence-electron chi connectivity index (χ3n) is 1.23. The Labute approximate surface area is 104 Å². The SMILES string of the molecule is O=S(O)c1ccc(S(=O)O)cc1.[H-].[Na+]. The minimum atomic E-state index is -2.03. The summed E-state index contributed by atoms with van der Waals surface area (Å²) in [5.41, 5.74) is 0. The van der Waals surface area contributed by atoms with Gasteiger partial charge in [0.1, 0.15) is 0 Å². The van der Waals surface area contributed by atoms with E-state index in [2.05, 4.69) is 0 Å². The van der Waals surface area contributed by atoms with Crippen molar-refractivity contribution in [3.8, 4) is 0 Å². The summed E-state index contributed by atoms with van der Waals surface area (Å²) in [4.78, 5) is 0.424. The van der Waals surface area contributed by atoms with Gasteiger partial charge >= 0.3 is 29.6 Å². The van der Waals surface area contributed by atoms with Gasteiger partial charge in [0.25, 0.3) is 0 Å². The molecule has 1 rings (SSSR count). The molecule has 7 heteroatoms. The second kappa shape index (κ2) is 6.02. The van der Waals surface area contributed by atoms with Crippen LogP contribution in [-0.4, -0.2) is 17.5 Å². The average Bonchev–Trinajstić information content (AvgIpc) is 2.04. The molecular weight excluding hydrogens is 223 g/mol. The Morgan fingerprint density at radius 1 is 0.923 bits per heavy atom. The van der Waals surface area contributed by atoms with Crippen LogP contribution in [-0.2, 0) is 22.2 Å². The summed E-state index contributed by atoms with van der Waals surface area (Å²) in [5, 5.41) is 0. The fourth-order valence-electron chi connectivity index (χ4n) is 0.672. The minimum Gasteiger partial charge on any atom is -1.00 e. The molecule has 4 nitrogen and oxygen atoms in total. The van der Waals surface area contributed by atoms with Crippen LogP contribution in [0, 0.1) is 0 Å². The summed E-state index contributed by atoms with van der Waals surface area (Å²) >= 11 is -4.06. The first-order valence-corrected chi connectivity index (χ1v) is 5.14. The number of benzene rings is 1. The molecule has 0 bridgehead atoms. The Bertz CT molecular complexity index is 296. The Kier molecular flexibility index (Phi) is 6.23. The van der Waals surface area contributed by atoms with Gasteiger partial charge in [0.05, 0.1) is 9.79 Å². The zero-order valence-electron chi connectivity index (χ0n) is 7.84. The van der Waals surface area contributed by atoms with Crippen LogP contribution in [0.3, 0.4) is 0 Å². The van der Waals surface area contributed by atoms with Gasteiger partial charge in [0.15, 0.2) is 22.2 Å². The zero-order valence-corrected chi connectivity index (χ0v) is 10.5. The van der Waals surface area contributed by atoms with Gasteiger partial charge in [0.2, 0.25) is 0 Å². The van der Waals surface area contributed by atoms with E-state index in [0.29, 0.717) is 0 Å². The van der Waals surface area contributed by atoms with Crippen molar-refractivity contribution < 1.29 is 48.5 Å². The monoisotopic (exact) mass is 230 g/mol. The molecule has 1 aromatic rings. The van der Waals surface area contributed by atoms with Crippen molar-refractivity contribution >= 4 is 22.2 Å². The molecule has 0 radical (unpaired) electrons. The van der Waals surface area contributed by atoms with E-state index in [0.717, 1.165) is 0 Å². The molecule has 0 saturated carbocycles. The molecule has 2 N–H and O–H groups in total. The molecule has 0 aliphatic rings. The normalized spacial score (nSPS) is 14.3. The summed E-state index contributed by atoms with van der Waals surface area (Å²) in [6, 6.07) is 5.33. The fraction of sp³-hybridized carbons (Fsp3) is 0. The molecule has 0 aromatic heterocycles. The predicted molar refractivity (Wildman–Crippen MR) is 45.6 cm³/mol. The van der Waals surface area contributed by atoms with Crippen molar-refractivity contribution in [1.82, 2.24) is 0 Å². The molecule has 0 fully saturated rings. The van der Waals surface area contributed by atoms with Crippen LogP contribution in [0.15, 0.2) is 34.1 Å². The van der Waals surface area contributed by atoms with Crippen LogP contribution in [0.5, 0.6) is 0 Å². The molecule has 0 aliphatic heterocycles. The van der Waals surface area contributed by atoms with E-state index in [1.165, 1.54) is 24.3 Å². The third kappa shape index (κ3) is 3.99. The maximum Gasteiger partial charge on any atom is 1.00 e.